The number of hydrogen-bond acceptors (Lipinski definition) is 3. The van der Waals surface area contributed by atoms with Crippen LogP contribution in [0.1, 0.15) is 48.0 Å². The Kier molecular flexibility index (Phi) is 5.87. The summed E-state index contributed by atoms with van der Waals surface area (Å²) < 4.78 is 0. The Labute approximate surface area is 152 Å². The number of carbonyl (C=O) groups is 2. The third-order valence-electron chi connectivity index (χ3n) is 4.94. The van der Waals surface area contributed by atoms with E-state index < -0.39 is 0 Å². The van der Waals surface area contributed by atoms with E-state index in [1.54, 1.807) is 11.4 Å². The standard InChI is InChI=1S/C20H24N2O2S/c1-2-17(15-7-4-3-5-8-15)18-9-6-11-22(18)19(23)13-21-20(24)16-10-12-25-14-16/h3-5,7-8,10,12,14,17-18H,2,6,9,11,13H2,1H3,(H,21,24)/t17-,18+/m1/s1. The molecule has 1 aromatic carbocycles. The largest absolute Gasteiger partial charge is 0.343 e. The first-order valence-electron chi connectivity index (χ1n) is 8.85. The maximum absolute atomic E-state index is 12.7. The quantitative estimate of drug-likeness (QED) is 0.859. The van der Waals surface area contributed by atoms with Gasteiger partial charge in [-0.3, -0.25) is 9.59 Å². The lowest BCUT2D eigenvalue weighted by atomic mass is 9.87. The summed E-state index contributed by atoms with van der Waals surface area (Å²) in [7, 11) is 0. The lowest BCUT2D eigenvalue weighted by Crippen LogP contribution is -2.44. The van der Waals surface area contributed by atoms with Crippen molar-refractivity contribution in [2.24, 2.45) is 0 Å². The average Bonchev–Trinajstić information content (AvgIpc) is 3.33. The van der Waals surface area contributed by atoms with Crippen LogP contribution < -0.4 is 5.32 Å². The Morgan fingerprint density at radius 3 is 2.76 bits per heavy atom. The molecule has 132 valence electrons. The highest BCUT2D eigenvalue weighted by Crippen LogP contribution is 2.33. The first-order chi connectivity index (χ1) is 12.2. The van der Waals surface area contributed by atoms with Crippen LogP contribution in [0, 0.1) is 0 Å². The summed E-state index contributed by atoms with van der Waals surface area (Å²) in [5, 5.41) is 6.41. The smallest absolute Gasteiger partial charge is 0.252 e. The maximum Gasteiger partial charge on any atom is 0.252 e. The molecule has 1 aliphatic rings. The van der Waals surface area contributed by atoms with Crippen molar-refractivity contribution in [2.75, 3.05) is 13.1 Å². The van der Waals surface area contributed by atoms with Gasteiger partial charge in [0.25, 0.3) is 5.91 Å². The molecule has 0 saturated carbocycles. The van der Waals surface area contributed by atoms with E-state index in [4.69, 9.17) is 0 Å². The fraction of sp³-hybridized carbons (Fsp3) is 0.400. The number of rotatable bonds is 6. The van der Waals surface area contributed by atoms with Gasteiger partial charge in [-0.15, -0.1) is 0 Å². The zero-order chi connectivity index (χ0) is 17.6. The lowest BCUT2D eigenvalue weighted by Gasteiger charge is -2.31. The van der Waals surface area contributed by atoms with Crippen LogP contribution in [-0.4, -0.2) is 35.8 Å². The zero-order valence-corrected chi connectivity index (χ0v) is 15.3. The zero-order valence-electron chi connectivity index (χ0n) is 14.5. The van der Waals surface area contributed by atoms with Crippen LogP contribution >= 0.6 is 11.3 Å². The van der Waals surface area contributed by atoms with Crippen LogP contribution in [0.5, 0.6) is 0 Å². The van der Waals surface area contributed by atoms with Crippen LogP contribution in [0.2, 0.25) is 0 Å². The van der Waals surface area contributed by atoms with Crippen LogP contribution in [0.4, 0.5) is 0 Å². The number of hydrogen-bond donors (Lipinski definition) is 1. The van der Waals surface area contributed by atoms with Crippen molar-refractivity contribution in [3.8, 4) is 0 Å². The van der Waals surface area contributed by atoms with Gasteiger partial charge in [-0.1, -0.05) is 37.3 Å². The highest BCUT2D eigenvalue weighted by Gasteiger charge is 2.34. The summed E-state index contributed by atoms with van der Waals surface area (Å²) in [5.41, 5.74) is 1.91. The van der Waals surface area contributed by atoms with Gasteiger partial charge in [0.05, 0.1) is 6.54 Å². The minimum atomic E-state index is -0.180. The average molecular weight is 356 g/mol. The van der Waals surface area contributed by atoms with Crippen LogP contribution in [0.25, 0.3) is 0 Å². The first-order valence-corrected chi connectivity index (χ1v) is 9.79. The minimum absolute atomic E-state index is 0.0143. The van der Waals surface area contributed by atoms with Gasteiger partial charge in [-0.2, -0.15) is 11.3 Å². The Hall–Kier alpha value is -2.14. The van der Waals surface area contributed by atoms with Crippen molar-refractivity contribution in [2.45, 2.75) is 38.1 Å². The molecular formula is C20H24N2O2S. The summed E-state index contributed by atoms with van der Waals surface area (Å²) >= 11 is 1.48. The van der Waals surface area contributed by atoms with Crippen molar-refractivity contribution >= 4 is 23.2 Å². The molecule has 0 bridgehead atoms. The maximum atomic E-state index is 12.7. The predicted octanol–water partition coefficient (Wildman–Crippen LogP) is 3.66. The van der Waals surface area contributed by atoms with E-state index >= 15 is 0 Å². The van der Waals surface area contributed by atoms with Crippen molar-refractivity contribution in [3.05, 3.63) is 58.3 Å². The Morgan fingerprint density at radius 2 is 2.08 bits per heavy atom. The summed E-state index contributed by atoms with van der Waals surface area (Å²) in [4.78, 5) is 26.7. The van der Waals surface area contributed by atoms with Crippen molar-refractivity contribution in [3.63, 3.8) is 0 Å². The molecule has 3 rings (SSSR count). The summed E-state index contributed by atoms with van der Waals surface area (Å²) in [6.07, 6.45) is 3.05. The molecule has 0 unspecified atom stereocenters. The second-order valence-electron chi connectivity index (χ2n) is 6.42. The van der Waals surface area contributed by atoms with E-state index in [0.717, 1.165) is 25.8 Å². The monoisotopic (exact) mass is 356 g/mol. The van der Waals surface area contributed by atoms with Gasteiger partial charge in [-0.05, 0) is 36.3 Å². The molecule has 1 saturated heterocycles. The number of thiophene rings is 1. The molecule has 25 heavy (non-hydrogen) atoms. The van der Waals surface area contributed by atoms with Crippen molar-refractivity contribution in [1.82, 2.24) is 10.2 Å². The molecule has 5 heteroatoms. The lowest BCUT2D eigenvalue weighted by molar-refractivity contribution is -0.131. The second-order valence-corrected chi connectivity index (χ2v) is 7.20. The predicted molar refractivity (Wildman–Crippen MR) is 101 cm³/mol. The van der Waals surface area contributed by atoms with Gasteiger partial charge in [0, 0.05) is 29.4 Å². The van der Waals surface area contributed by atoms with E-state index in [0.29, 0.717) is 11.5 Å². The Bertz CT molecular complexity index is 700. The molecule has 2 amide bonds. The fourth-order valence-electron chi connectivity index (χ4n) is 3.70. The molecule has 2 aromatic rings. The number of carbonyl (C=O) groups excluding carboxylic acids is 2. The van der Waals surface area contributed by atoms with Gasteiger partial charge < -0.3 is 10.2 Å². The van der Waals surface area contributed by atoms with Crippen LogP contribution in [0.15, 0.2) is 47.2 Å². The normalized spacial score (nSPS) is 18.1. The van der Waals surface area contributed by atoms with E-state index in [9.17, 15) is 9.59 Å². The number of nitrogens with zero attached hydrogens (tertiary/aromatic N) is 1. The minimum Gasteiger partial charge on any atom is -0.343 e. The molecule has 0 spiro atoms. The summed E-state index contributed by atoms with van der Waals surface area (Å²) in [6.45, 7) is 3.02. The van der Waals surface area contributed by atoms with E-state index in [1.807, 2.05) is 16.3 Å². The van der Waals surface area contributed by atoms with Crippen molar-refractivity contribution in [1.29, 1.82) is 0 Å². The Morgan fingerprint density at radius 1 is 1.28 bits per heavy atom. The molecule has 0 aliphatic carbocycles. The molecule has 1 fully saturated rings. The molecule has 2 heterocycles. The molecular weight excluding hydrogens is 332 g/mol. The molecule has 1 N–H and O–H groups in total. The molecule has 4 nitrogen and oxygen atoms in total. The second kappa shape index (κ2) is 8.30. The first kappa shape index (κ1) is 17.7. The van der Waals surface area contributed by atoms with Crippen LogP contribution in [-0.2, 0) is 4.79 Å². The van der Waals surface area contributed by atoms with Gasteiger partial charge in [-0.25, -0.2) is 0 Å². The topological polar surface area (TPSA) is 49.4 Å². The molecule has 1 aromatic heterocycles. The fourth-order valence-corrected chi connectivity index (χ4v) is 4.34. The number of likely N-dealkylation sites (tertiary alicyclic amines) is 1. The Balaban J connectivity index is 1.64. The summed E-state index contributed by atoms with van der Waals surface area (Å²) in [5.74, 6) is 0.182. The van der Waals surface area contributed by atoms with E-state index in [-0.39, 0.29) is 24.4 Å². The van der Waals surface area contributed by atoms with E-state index in [1.165, 1.54) is 16.9 Å². The highest BCUT2D eigenvalue weighted by atomic mass is 32.1. The molecule has 2 atom stereocenters. The van der Waals surface area contributed by atoms with Gasteiger partial charge in [0.1, 0.15) is 0 Å². The van der Waals surface area contributed by atoms with Crippen molar-refractivity contribution < 1.29 is 9.59 Å². The van der Waals surface area contributed by atoms with Crippen LogP contribution in [0.3, 0.4) is 0 Å². The van der Waals surface area contributed by atoms with Gasteiger partial charge in [0.15, 0.2) is 0 Å². The highest BCUT2D eigenvalue weighted by molar-refractivity contribution is 7.08. The van der Waals surface area contributed by atoms with Gasteiger partial charge >= 0.3 is 0 Å². The van der Waals surface area contributed by atoms with E-state index in [2.05, 4.69) is 36.5 Å². The summed E-state index contributed by atoms with van der Waals surface area (Å²) in [6, 6.07) is 12.4. The number of nitrogens with one attached hydrogen (secondary N) is 1. The number of amides is 2. The SMILES string of the molecule is CC[C@H](c1ccccc1)[C@@H]1CCCN1C(=O)CNC(=O)c1ccsc1. The number of benzene rings is 1. The molecule has 1 aliphatic heterocycles. The van der Waals surface area contributed by atoms with Gasteiger partial charge in [0.2, 0.25) is 5.91 Å². The molecule has 0 radical (unpaired) electrons. The third kappa shape index (κ3) is 4.10. The third-order valence-corrected chi connectivity index (χ3v) is 5.62.